The number of hydrogen-bond donors (Lipinski definition) is 1. The highest BCUT2D eigenvalue weighted by Gasteiger charge is 2.13. The maximum atomic E-state index is 5.68. The highest BCUT2D eigenvalue weighted by molar-refractivity contribution is 5.46. The number of anilines is 1. The van der Waals surface area contributed by atoms with Gasteiger partial charge in [-0.1, -0.05) is 6.92 Å². The molecule has 0 saturated heterocycles. The summed E-state index contributed by atoms with van der Waals surface area (Å²) in [6.07, 6.45) is 4.48. The number of aromatic nitrogens is 2. The van der Waals surface area contributed by atoms with Gasteiger partial charge in [0.2, 0.25) is 6.79 Å². The first kappa shape index (κ1) is 13.5. The SMILES string of the molecule is CCCNc1cnc(COc2ccc3c(c2)OCO3)cn1. The van der Waals surface area contributed by atoms with Gasteiger partial charge in [0.05, 0.1) is 18.1 Å². The van der Waals surface area contributed by atoms with Crippen LogP contribution in [0.3, 0.4) is 0 Å². The predicted molar refractivity (Wildman–Crippen MR) is 77.7 cm³/mol. The Morgan fingerprint density at radius 2 is 2.10 bits per heavy atom. The topological polar surface area (TPSA) is 65.5 Å². The highest BCUT2D eigenvalue weighted by Crippen LogP contribution is 2.35. The number of nitrogens with one attached hydrogen (secondary N) is 1. The van der Waals surface area contributed by atoms with Crippen molar-refractivity contribution in [3.05, 3.63) is 36.3 Å². The second-order valence-electron chi connectivity index (χ2n) is 4.62. The van der Waals surface area contributed by atoms with Crippen LogP contribution in [0.25, 0.3) is 0 Å². The van der Waals surface area contributed by atoms with Gasteiger partial charge >= 0.3 is 0 Å². The van der Waals surface area contributed by atoms with Gasteiger partial charge in [0.25, 0.3) is 0 Å². The Labute approximate surface area is 123 Å². The third-order valence-electron chi connectivity index (χ3n) is 2.99. The van der Waals surface area contributed by atoms with Crippen molar-refractivity contribution in [3.8, 4) is 17.2 Å². The monoisotopic (exact) mass is 287 g/mol. The summed E-state index contributed by atoms with van der Waals surface area (Å²) in [7, 11) is 0. The first-order chi connectivity index (χ1) is 10.3. The number of nitrogens with zero attached hydrogens (tertiary/aromatic N) is 2. The predicted octanol–water partition coefficient (Wildman–Crippen LogP) is 2.61. The molecule has 6 nitrogen and oxygen atoms in total. The molecule has 1 aliphatic rings. The molecule has 1 aromatic heterocycles. The van der Waals surface area contributed by atoms with Crippen molar-refractivity contribution in [1.29, 1.82) is 0 Å². The second kappa shape index (κ2) is 6.30. The Hall–Kier alpha value is -2.50. The summed E-state index contributed by atoms with van der Waals surface area (Å²) in [5.41, 5.74) is 0.773. The first-order valence-electron chi connectivity index (χ1n) is 6.92. The number of hydrogen-bond acceptors (Lipinski definition) is 6. The van der Waals surface area contributed by atoms with Crippen molar-refractivity contribution in [2.24, 2.45) is 0 Å². The van der Waals surface area contributed by atoms with Crippen LogP contribution in [0.15, 0.2) is 30.6 Å². The van der Waals surface area contributed by atoms with E-state index >= 15 is 0 Å². The van der Waals surface area contributed by atoms with Crippen molar-refractivity contribution >= 4 is 5.82 Å². The van der Waals surface area contributed by atoms with Crippen molar-refractivity contribution in [1.82, 2.24) is 9.97 Å². The van der Waals surface area contributed by atoms with E-state index in [2.05, 4.69) is 22.2 Å². The van der Waals surface area contributed by atoms with Crippen LogP contribution in [-0.4, -0.2) is 23.3 Å². The lowest BCUT2D eigenvalue weighted by Gasteiger charge is -2.07. The Kier molecular flexibility index (Phi) is 4.04. The van der Waals surface area contributed by atoms with Crippen molar-refractivity contribution in [2.75, 3.05) is 18.7 Å². The molecular weight excluding hydrogens is 270 g/mol. The van der Waals surface area contributed by atoms with Crippen LogP contribution in [-0.2, 0) is 6.61 Å². The molecule has 3 rings (SSSR count). The van der Waals surface area contributed by atoms with E-state index in [-0.39, 0.29) is 6.79 Å². The van der Waals surface area contributed by atoms with E-state index in [4.69, 9.17) is 14.2 Å². The summed E-state index contributed by atoms with van der Waals surface area (Å²) in [5, 5.41) is 3.18. The zero-order chi connectivity index (χ0) is 14.5. The Bertz CT molecular complexity index is 602. The zero-order valence-electron chi connectivity index (χ0n) is 11.8. The van der Waals surface area contributed by atoms with Crippen molar-refractivity contribution in [3.63, 3.8) is 0 Å². The van der Waals surface area contributed by atoms with E-state index in [0.29, 0.717) is 18.1 Å². The molecule has 1 aliphatic heterocycles. The van der Waals surface area contributed by atoms with Crippen molar-refractivity contribution < 1.29 is 14.2 Å². The zero-order valence-corrected chi connectivity index (χ0v) is 11.8. The Morgan fingerprint density at radius 1 is 1.19 bits per heavy atom. The summed E-state index contributed by atoms with van der Waals surface area (Å²) in [4.78, 5) is 8.60. The average molecular weight is 287 g/mol. The van der Waals surface area contributed by atoms with E-state index in [1.54, 1.807) is 12.4 Å². The van der Waals surface area contributed by atoms with Gasteiger partial charge in [0.15, 0.2) is 11.5 Å². The fourth-order valence-electron chi connectivity index (χ4n) is 1.90. The van der Waals surface area contributed by atoms with E-state index in [9.17, 15) is 0 Å². The molecule has 6 heteroatoms. The third-order valence-corrected chi connectivity index (χ3v) is 2.99. The van der Waals surface area contributed by atoms with Crippen LogP contribution in [0.5, 0.6) is 17.2 Å². The molecule has 0 atom stereocenters. The molecular formula is C15H17N3O3. The van der Waals surface area contributed by atoms with Gasteiger partial charge in [-0.25, -0.2) is 4.98 Å². The molecule has 2 heterocycles. The van der Waals surface area contributed by atoms with E-state index in [1.807, 2.05) is 18.2 Å². The largest absolute Gasteiger partial charge is 0.487 e. The van der Waals surface area contributed by atoms with E-state index in [1.165, 1.54) is 0 Å². The summed E-state index contributed by atoms with van der Waals surface area (Å²) >= 11 is 0. The molecule has 0 saturated carbocycles. The number of ether oxygens (including phenoxy) is 3. The molecule has 21 heavy (non-hydrogen) atoms. The van der Waals surface area contributed by atoms with Crippen LogP contribution in [0.1, 0.15) is 19.0 Å². The Balaban J connectivity index is 1.57. The maximum absolute atomic E-state index is 5.68. The molecule has 0 amide bonds. The fraction of sp³-hybridized carbons (Fsp3) is 0.333. The Morgan fingerprint density at radius 3 is 2.90 bits per heavy atom. The minimum Gasteiger partial charge on any atom is -0.487 e. The smallest absolute Gasteiger partial charge is 0.231 e. The lowest BCUT2D eigenvalue weighted by atomic mass is 10.3. The molecule has 0 aliphatic carbocycles. The quantitative estimate of drug-likeness (QED) is 0.881. The van der Waals surface area contributed by atoms with Crippen LogP contribution >= 0.6 is 0 Å². The second-order valence-corrected chi connectivity index (χ2v) is 4.62. The molecule has 1 aromatic carbocycles. The number of fused-ring (bicyclic) bond motifs is 1. The average Bonchev–Trinajstić information content (AvgIpc) is 2.99. The van der Waals surface area contributed by atoms with Crippen LogP contribution in [0.4, 0.5) is 5.82 Å². The summed E-state index contributed by atoms with van der Waals surface area (Å²) in [5.74, 6) is 2.95. The lowest BCUT2D eigenvalue weighted by molar-refractivity contribution is 0.173. The fourth-order valence-corrected chi connectivity index (χ4v) is 1.90. The van der Waals surface area contributed by atoms with Gasteiger partial charge in [-0.15, -0.1) is 0 Å². The molecule has 0 fully saturated rings. The van der Waals surface area contributed by atoms with E-state index in [0.717, 1.165) is 30.2 Å². The normalized spacial score (nSPS) is 12.2. The van der Waals surface area contributed by atoms with Crippen LogP contribution in [0.2, 0.25) is 0 Å². The van der Waals surface area contributed by atoms with Gasteiger partial charge in [0, 0.05) is 12.6 Å². The number of rotatable bonds is 6. The van der Waals surface area contributed by atoms with Gasteiger partial charge in [-0.3, -0.25) is 4.98 Å². The van der Waals surface area contributed by atoms with Gasteiger partial charge < -0.3 is 19.5 Å². The van der Waals surface area contributed by atoms with E-state index < -0.39 is 0 Å². The standard InChI is InChI=1S/C15H17N3O3/c1-2-5-16-15-8-17-11(7-18-15)9-19-12-3-4-13-14(6-12)21-10-20-13/h3-4,6-8H,2,5,9-10H2,1H3,(H,16,18). The highest BCUT2D eigenvalue weighted by atomic mass is 16.7. The molecule has 0 radical (unpaired) electrons. The minimum atomic E-state index is 0.260. The third kappa shape index (κ3) is 3.34. The van der Waals surface area contributed by atoms with Crippen molar-refractivity contribution in [2.45, 2.75) is 20.0 Å². The molecule has 1 N–H and O–H groups in total. The summed E-state index contributed by atoms with van der Waals surface area (Å²) < 4.78 is 16.2. The molecule has 0 unspecified atom stereocenters. The summed E-state index contributed by atoms with van der Waals surface area (Å²) in [6.45, 7) is 3.62. The van der Waals surface area contributed by atoms with Crippen LogP contribution in [0, 0.1) is 0 Å². The maximum Gasteiger partial charge on any atom is 0.231 e. The first-order valence-corrected chi connectivity index (χ1v) is 6.92. The van der Waals surface area contributed by atoms with Gasteiger partial charge in [-0.2, -0.15) is 0 Å². The lowest BCUT2D eigenvalue weighted by Crippen LogP contribution is -2.04. The summed E-state index contributed by atoms with van der Waals surface area (Å²) in [6, 6.07) is 5.49. The van der Waals surface area contributed by atoms with Crippen LogP contribution < -0.4 is 19.5 Å². The number of benzene rings is 1. The molecule has 110 valence electrons. The minimum absolute atomic E-state index is 0.260. The van der Waals surface area contributed by atoms with Gasteiger partial charge in [-0.05, 0) is 18.6 Å². The van der Waals surface area contributed by atoms with Gasteiger partial charge in [0.1, 0.15) is 18.2 Å². The molecule has 0 bridgehead atoms. The molecule has 2 aromatic rings. The molecule has 0 spiro atoms.